The first kappa shape index (κ1) is 16.7. The predicted octanol–water partition coefficient (Wildman–Crippen LogP) is 4.95. The molecule has 0 bridgehead atoms. The van der Waals surface area contributed by atoms with Crippen molar-refractivity contribution in [3.8, 4) is 11.3 Å². The third-order valence-electron chi connectivity index (χ3n) is 5.74. The number of rotatable bonds is 2. The third-order valence-corrected chi connectivity index (χ3v) is 5.74. The molecule has 138 valence electrons. The summed E-state index contributed by atoms with van der Waals surface area (Å²) in [6.45, 7) is 1.25. The summed E-state index contributed by atoms with van der Waals surface area (Å²) < 4.78 is 11.9. The Hall–Kier alpha value is -3.21. The fourth-order valence-electron chi connectivity index (χ4n) is 4.52. The van der Waals surface area contributed by atoms with Gasteiger partial charge < -0.3 is 9.31 Å². The van der Waals surface area contributed by atoms with Crippen molar-refractivity contribution in [2.24, 2.45) is 0 Å². The van der Waals surface area contributed by atoms with Gasteiger partial charge in [0.1, 0.15) is 0 Å². The van der Waals surface area contributed by atoms with Gasteiger partial charge in [-0.1, -0.05) is 72.8 Å². The first-order chi connectivity index (χ1) is 14.4. The highest BCUT2D eigenvalue weighted by atomic mass is 16.6. The van der Waals surface area contributed by atoms with Gasteiger partial charge >= 0.3 is 7.12 Å². The average Bonchev–Trinajstić information content (AvgIpc) is 3.31. The molecule has 0 amide bonds. The summed E-state index contributed by atoms with van der Waals surface area (Å²) in [5, 5.41) is 7.00. The van der Waals surface area contributed by atoms with Crippen LogP contribution in [0.5, 0.6) is 0 Å². The van der Waals surface area contributed by atoms with Gasteiger partial charge in [-0.15, -0.1) is 0 Å². The number of nitrogens with zero attached hydrogens (tertiary/aromatic N) is 1. The van der Waals surface area contributed by atoms with Crippen LogP contribution >= 0.6 is 0 Å². The Balaban J connectivity index is 1.81. The topological polar surface area (TPSA) is 31.4 Å². The van der Waals surface area contributed by atoms with Gasteiger partial charge in [-0.25, -0.2) is 0 Å². The molecule has 0 saturated carbocycles. The lowest BCUT2D eigenvalue weighted by molar-refractivity contribution is 0.365. The van der Waals surface area contributed by atoms with E-state index in [1.165, 1.54) is 16.2 Å². The van der Waals surface area contributed by atoms with Crippen LogP contribution < -0.4 is 5.46 Å². The van der Waals surface area contributed by atoms with Crippen LogP contribution in [0.3, 0.4) is 0 Å². The minimum Gasteiger partial charge on any atom is -0.405 e. The zero-order chi connectivity index (χ0) is 19.2. The Morgan fingerprint density at radius 3 is 1.83 bits per heavy atom. The summed E-state index contributed by atoms with van der Waals surface area (Å²) >= 11 is 0. The highest BCUT2D eigenvalue weighted by Gasteiger charge is 2.31. The van der Waals surface area contributed by atoms with Crippen LogP contribution in [0, 0.1) is 0 Å². The van der Waals surface area contributed by atoms with Crippen molar-refractivity contribution in [1.82, 2.24) is 4.98 Å². The van der Waals surface area contributed by atoms with E-state index in [1.807, 2.05) is 6.20 Å². The zero-order valence-electron chi connectivity index (χ0n) is 15.8. The van der Waals surface area contributed by atoms with Crippen LogP contribution in [0.2, 0.25) is 0 Å². The zero-order valence-corrected chi connectivity index (χ0v) is 15.8. The largest absolute Gasteiger partial charge is 0.495 e. The summed E-state index contributed by atoms with van der Waals surface area (Å²) in [5.74, 6) is 0. The molecule has 6 rings (SSSR count). The lowest BCUT2D eigenvalue weighted by Gasteiger charge is -2.18. The molecule has 2 heterocycles. The number of pyridine rings is 1. The van der Waals surface area contributed by atoms with Crippen LogP contribution in [0.25, 0.3) is 43.6 Å². The van der Waals surface area contributed by atoms with Gasteiger partial charge in [0.15, 0.2) is 0 Å². The number of aromatic nitrogens is 1. The summed E-state index contributed by atoms with van der Waals surface area (Å²) in [5.41, 5.74) is 3.28. The van der Waals surface area contributed by atoms with Crippen LogP contribution in [-0.4, -0.2) is 25.3 Å². The number of hydrogen-bond donors (Lipinski definition) is 0. The fraction of sp³-hybridized carbons (Fsp3) is 0.0800. The van der Waals surface area contributed by atoms with E-state index < -0.39 is 0 Å². The molecule has 0 spiro atoms. The van der Waals surface area contributed by atoms with Crippen LogP contribution in [0.4, 0.5) is 0 Å². The molecular weight excluding hydrogens is 357 g/mol. The van der Waals surface area contributed by atoms with E-state index in [1.54, 1.807) is 0 Å². The Kier molecular flexibility index (Phi) is 3.86. The summed E-state index contributed by atoms with van der Waals surface area (Å²) in [6.07, 6.45) is 1.90. The molecule has 0 N–H and O–H groups in total. The molecule has 1 aliphatic heterocycles. The van der Waals surface area contributed by atoms with Crippen LogP contribution in [-0.2, 0) is 9.31 Å². The molecule has 29 heavy (non-hydrogen) atoms. The quantitative estimate of drug-likeness (QED) is 0.323. The molecule has 4 heteroatoms. The number of benzene rings is 4. The van der Waals surface area contributed by atoms with Gasteiger partial charge in [0.25, 0.3) is 0 Å². The van der Waals surface area contributed by atoms with Crippen molar-refractivity contribution in [2.45, 2.75) is 0 Å². The fourth-order valence-corrected chi connectivity index (χ4v) is 4.52. The van der Waals surface area contributed by atoms with E-state index in [0.29, 0.717) is 13.2 Å². The molecule has 1 aliphatic rings. The average molecular weight is 375 g/mol. The lowest BCUT2D eigenvalue weighted by atomic mass is 9.72. The maximum Gasteiger partial charge on any atom is 0.495 e. The summed E-state index contributed by atoms with van der Waals surface area (Å²) in [7, 11) is -0.334. The normalized spacial score (nSPS) is 14.3. The van der Waals surface area contributed by atoms with Crippen molar-refractivity contribution in [3.63, 3.8) is 0 Å². The van der Waals surface area contributed by atoms with Crippen LogP contribution in [0.1, 0.15) is 0 Å². The molecule has 3 nitrogen and oxygen atoms in total. The third kappa shape index (κ3) is 2.57. The van der Waals surface area contributed by atoms with Crippen molar-refractivity contribution in [3.05, 3.63) is 85.1 Å². The van der Waals surface area contributed by atoms with Gasteiger partial charge in [-0.05, 0) is 38.5 Å². The Labute approximate surface area is 169 Å². The molecule has 0 aliphatic carbocycles. The maximum atomic E-state index is 5.93. The van der Waals surface area contributed by atoms with E-state index in [9.17, 15) is 0 Å². The molecule has 1 fully saturated rings. The molecule has 1 saturated heterocycles. The minimum absolute atomic E-state index is 0.334. The molecule has 0 radical (unpaired) electrons. The first-order valence-electron chi connectivity index (χ1n) is 9.92. The van der Waals surface area contributed by atoms with Crippen LogP contribution in [0.15, 0.2) is 85.1 Å². The second-order valence-corrected chi connectivity index (χ2v) is 7.33. The van der Waals surface area contributed by atoms with E-state index in [-0.39, 0.29) is 7.12 Å². The van der Waals surface area contributed by atoms with Crippen molar-refractivity contribution in [2.75, 3.05) is 13.2 Å². The van der Waals surface area contributed by atoms with E-state index >= 15 is 0 Å². The smallest absolute Gasteiger partial charge is 0.405 e. The molecule has 1 aromatic heterocycles. The Morgan fingerprint density at radius 2 is 1.17 bits per heavy atom. The van der Waals surface area contributed by atoms with Gasteiger partial charge in [0.2, 0.25) is 0 Å². The van der Waals surface area contributed by atoms with E-state index in [2.05, 4.69) is 78.9 Å². The number of hydrogen-bond acceptors (Lipinski definition) is 3. The predicted molar refractivity (Wildman–Crippen MR) is 119 cm³/mol. The summed E-state index contributed by atoms with van der Waals surface area (Å²) in [6, 6.07) is 27.5. The highest BCUT2D eigenvalue weighted by molar-refractivity contribution is 6.68. The molecular formula is C25H18BNO2. The van der Waals surface area contributed by atoms with Gasteiger partial charge in [-0.3, -0.25) is 4.98 Å². The maximum absolute atomic E-state index is 5.93. The Bertz CT molecular complexity index is 1310. The summed E-state index contributed by atoms with van der Waals surface area (Å²) in [4.78, 5) is 4.84. The Morgan fingerprint density at radius 1 is 0.621 bits per heavy atom. The van der Waals surface area contributed by atoms with Gasteiger partial charge in [0, 0.05) is 17.1 Å². The SMILES string of the molecule is c1ccc2c(-c3c4ccccc4c(B4OCCO4)c4ccccc34)nccc2c1. The molecule has 0 unspecified atom stereocenters. The van der Waals surface area contributed by atoms with Gasteiger partial charge in [-0.2, -0.15) is 0 Å². The van der Waals surface area contributed by atoms with Gasteiger partial charge in [0.05, 0.1) is 18.9 Å². The molecule has 4 aromatic carbocycles. The second kappa shape index (κ2) is 6.69. The first-order valence-corrected chi connectivity index (χ1v) is 9.92. The molecule has 0 atom stereocenters. The number of fused-ring (bicyclic) bond motifs is 3. The van der Waals surface area contributed by atoms with E-state index in [4.69, 9.17) is 14.3 Å². The van der Waals surface area contributed by atoms with Crippen molar-refractivity contribution < 1.29 is 9.31 Å². The highest BCUT2D eigenvalue weighted by Crippen LogP contribution is 2.38. The minimum atomic E-state index is -0.334. The monoisotopic (exact) mass is 375 g/mol. The van der Waals surface area contributed by atoms with Crippen molar-refractivity contribution in [1.29, 1.82) is 0 Å². The van der Waals surface area contributed by atoms with Crippen molar-refractivity contribution >= 4 is 44.9 Å². The standard InChI is InChI=1S/C25H18BNO2/c1-2-8-18-17(7-1)13-14-27-25(18)23-19-9-3-5-11-21(19)24(26-28-15-16-29-26)22-12-6-4-10-20(22)23/h1-14H,15-16H2. The van der Waals surface area contributed by atoms with E-state index in [0.717, 1.165) is 32.9 Å². The molecule has 5 aromatic rings. The second-order valence-electron chi connectivity index (χ2n) is 7.33. The lowest BCUT2D eigenvalue weighted by Crippen LogP contribution is -2.33.